The first kappa shape index (κ1) is 17.8. The van der Waals surface area contributed by atoms with Crippen molar-refractivity contribution in [1.29, 1.82) is 0 Å². The summed E-state index contributed by atoms with van der Waals surface area (Å²) in [6, 6.07) is 9.47. The molecule has 7 heteroatoms. The van der Waals surface area contributed by atoms with E-state index in [-0.39, 0.29) is 10.8 Å². The van der Waals surface area contributed by atoms with Crippen molar-refractivity contribution in [2.45, 2.75) is 43.4 Å². The van der Waals surface area contributed by atoms with Crippen LogP contribution in [-0.4, -0.2) is 13.1 Å². The van der Waals surface area contributed by atoms with E-state index in [1.807, 2.05) is 13.0 Å². The van der Waals surface area contributed by atoms with Gasteiger partial charge in [0.1, 0.15) is 4.90 Å². The number of pyridine rings is 1. The number of halogens is 1. The Balaban J connectivity index is 1.74. The van der Waals surface area contributed by atoms with Gasteiger partial charge in [0.15, 0.2) is 0 Å². The summed E-state index contributed by atoms with van der Waals surface area (Å²) in [5.74, 6) is 1.37. The molecule has 2 aliphatic rings. The third-order valence-corrected chi connectivity index (χ3v) is 7.28. The molecule has 2 fully saturated rings. The largest absolute Gasteiger partial charge is 0.357 e. The minimum Gasteiger partial charge on any atom is -0.280 e. The van der Waals surface area contributed by atoms with E-state index in [1.165, 1.54) is 24.6 Å². The zero-order chi connectivity index (χ0) is 18.5. The van der Waals surface area contributed by atoms with Crippen LogP contribution in [0.4, 0.5) is 0 Å². The first-order chi connectivity index (χ1) is 12.3. The molecule has 0 saturated heterocycles. The summed E-state index contributed by atoms with van der Waals surface area (Å²) in [4.78, 5) is 12.6. The summed E-state index contributed by atoms with van der Waals surface area (Å²) in [5.41, 5.74) is 1.07. The molecule has 1 heterocycles. The van der Waals surface area contributed by atoms with E-state index < -0.39 is 15.7 Å². The average molecular weight is 438 g/mol. The maximum Gasteiger partial charge on any atom is 0.357 e. The fourth-order valence-corrected chi connectivity index (χ4v) is 5.58. The molecule has 0 N–H and O–H groups in total. The molecule has 0 amide bonds. The Morgan fingerprint density at radius 1 is 1.12 bits per heavy atom. The molecule has 3 unspecified atom stereocenters. The van der Waals surface area contributed by atoms with Crippen molar-refractivity contribution in [1.82, 2.24) is 4.73 Å². The van der Waals surface area contributed by atoms with Gasteiger partial charge in [0.05, 0.1) is 5.69 Å². The van der Waals surface area contributed by atoms with Crippen LogP contribution < -0.4 is 9.84 Å². The highest BCUT2D eigenvalue weighted by atomic mass is 79.9. The molecule has 0 aliphatic heterocycles. The molecule has 2 bridgehead atoms. The predicted molar refractivity (Wildman–Crippen MR) is 102 cm³/mol. The van der Waals surface area contributed by atoms with Crippen molar-refractivity contribution >= 4 is 26.0 Å². The van der Waals surface area contributed by atoms with E-state index in [0.717, 1.165) is 34.0 Å². The van der Waals surface area contributed by atoms with Gasteiger partial charge < -0.3 is 0 Å². The van der Waals surface area contributed by atoms with Crippen LogP contribution in [0.3, 0.4) is 0 Å². The van der Waals surface area contributed by atoms with Gasteiger partial charge in [-0.05, 0) is 73.9 Å². The Bertz CT molecular complexity index is 997. The second-order valence-electron chi connectivity index (χ2n) is 7.35. The minimum atomic E-state index is -4.09. The number of aromatic nitrogens is 1. The van der Waals surface area contributed by atoms with Crippen LogP contribution in [0.25, 0.3) is 0 Å². The standard InChI is InChI=1S/C19H20BrNO4S/c1-12-8-18(17-11-13-2-3-14(17)10-13)21(19(22)9-12)25-26(23,24)16-6-4-15(20)5-7-16/h4-9,13-14,17H,2-3,10-11H2,1H3. The third kappa shape index (κ3) is 3.22. The highest BCUT2D eigenvalue weighted by Crippen LogP contribution is 2.52. The summed E-state index contributed by atoms with van der Waals surface area (Å²) in [7, 11) is -4.09. The fourth-order valence-electron chi connectivity index (χ4n) is 4.40. The van der Waals surface area contributed by atoms with Gasteiger partial charge in [-0.2, -0.15) is 8.42 Å². The summed E-state index contributed by atoms with van der Waals surface area (Å²) in [5, 5.41) is 0. The second-order valence-corrected chi connectivity index (χ2v) is 9.80. The molecule has 26 heavy (non-hydrogen) atoms. The molecule has 1 aromatic heterocycles. The van der Waals surface area contributed by atoms with Crippen LogP contribution in [0.5, 0.6) is 0 Å². The quantitative estimate of drug-likeness (QED) is 0.731. The second kappa shape index (κ2) is 6.53. The predicted octanol–water partition coefficient (Wildman–Crippen LogP) is 3.64. The van der Waals surface area contributed by atoms with E-state index in [1.54, 1.807) is 12.1 Å². The Kier molecular flexibility index (Phi) is 4.47. The molecule has 5 nitrogen and oxygen atoms in total. The van der Waals surface area contributed by atoms with Crippen molar-refractivity contribution in [3.8, 4) is 0 Å². The van der Waals surface area contributed by atoms with Gasteiger partial charge in [-0.1, -0.05) is 22.4 Å². The summed E-state index contributed by atoms with van der Waals surface area (Å²) in [6.45, 7) is 1.85. The van der Waals surface area contributed by atoms with Gasteiger partial charge in [-0.15, -0.1) is 4.73 Å². The highest BCUT2D eigenvalue weighted by Gasteiger charge is 2.42. The smallest absolute Gasteiger partial charge is 0.280 e. The first-order valence-corrected chi connectivity index (χ1v) is 11.0. The van der Waals surface area contributed by atoms with Crippen LogP contribution in [-0.2, 0) is 10.1 Å². The van der Waals surface area contributed by atoms with Crippen molar-refractivity contribution in [3.63, 3.8) is 0 Å². The zero-order valence-electron chi connectivity index (χ0n) is 14.4. The lowest BCUT2D eigenvalue weighted by Crippen LogP contribution is -2.35. The fraction of sp³-hybridized carbons (Fsp3) is 0.421. The molecule has 2 aromatic rings. The van der Waals surface area contributed by atoms with Crippen LogP contribution >= 0.6 is 15.9 Å². The van der Waals surface area contributed by atoms with Crippen molar-refractivity contribution in [2.24, 2.45) is 11.8 Å². The van der Waals surface area contributed by atoms with Crippen molar-refractivity contribution in [2.75, 3.05) is 0 Å². The Morgan fingerprint density at radius 2 is 1.85 bits per heavy atom. The molecular formula is C19H20BrNO4S. The van der Waals surface area contributed by atoms with Crippen molar-refractivity contribution in [3.05, 3.63) is 62.5 Å². The lowest BCUT2D eigenvalue weighted by Gasteiger charge is -2.24. The number of aryl methyl sites for hydroxylation is 1. The Morgan fingerprint density at radius 3 is 2.46 bits per heavy atom. The summed E-state index contributed by atoms with van der Waals surface area (Å²) < 4.78 is 32.5. The van der Waals surface area contributed by atoms with Gasteiger partial charge >= 0.3 is 10.1 Å². The lowest BCUT2D eigenvalue weighted by molar-refractivity contribution is 0.238. The van der Waals surface area contributed by atoms with E-state index in [2.05, 4.69) is 15.9 Å². The molecular weight excluding hydrogens is 418 g/mol. The highest BCUT2D eigenvalue weighted by molar-refractivity contribution is 9.10. The van der Waals surface area contributed by atoms with Crippen LogP contribution in [0.15, 0.2) is 50.6 Å². The average Bonchev–Trinajstić information content (AvgIpc) is 3.20. The zero-order valence-corrected chi connectivity index (χ0v) is 16.8. The number of benzene rings is 1. The van der Waals surface area contributed by atoms with Gasteiger partial charge in [0.2, 0.25) is 0 Å². The lowest BCUT2D eigenvalue weighted by atomic mass is 9.86. The van der Waals surface area contributed by atoms with Gasteiger partial charge in [-0.25, -0.2) is 0 Å². The monoisotopic (exact) mass is 437 g/mol. The number of nitrogens with zero attached hydrogens (tertiary/aromatic N) is 1. The van der Waals surface area contributed by atoms with Crippen LogP contribution in [0.1, 0.15) is 42.9 Å². The van der Waals surface area contributed by atoms with E-state index in [0.29, 0.717) is 17.5 Å². The van der Waals surface area contributed by atoms with Gasteiger partial charge in [0, 0.05) is 16.5 Å². The Hall–Kier alpha value is -1.60. The Labute approximate surface area is 161 Å². The van der Waals surface area contributed by atoms with Gasteiger partial charge in [-0.3, -0.25) is 9.08 Å². The molecule has 0 spiro atoms. The summed E-state index contributed by atoms with van der Waals surface area (Å²) in [6.07, 6.45) is 4.52. The molecule has 1 aromatic carbocycles. The minimum absolute atomic E-state index is 0.0204. The molecule has 138 valence electrons. The first-order valence-electron chi connectivity index (χ1n) is 8.77. The van der Waals surface area contributed by atoms with Crippen LogP contribution in [0, 0.1) is 18.8 Å². The number of fused-ring (bicyclic) bond motifs is 2. The van der Waals surface area contributed by atoms with E-state index in [4.69, 9.17) is 4.28 Å². The SMILES string of the molecule is Cc1cc(C2CC3CCC2C3)n(OS(=O)(=O)c2ccc(Br)cc2)c(=O)c1. The third-order valence-electron chi connectivity index (χ3n) is 5.55. The maximum atomic E-state index is 12.7. The van der Waals surface area contributed by atoms with E-state index in [9.17, 15) is 13.2 Å². The van der Waals surface area contributed by atoms with Crippen molar-refractivity contribution < 1.29 is 12.7 Å². The number of rotatable bonds is 4. The maximum absolute atomic E-state index is 12.7. The normalized spacial score (nSPS) is 24.8. The molecule has 2 saturated carbocycles. The molecule has 4 rings (SSSR count). The summed E-state index contributed by atoms with van der Waals surface area (Å²) >= 11 is 3.28. The number of hydrogen-bond donors (Lipinski definition) is 0. The van der Waals surface area contributed by atoms with E-state index >= 15 is 0 Å². The topological polar surface area (TPSA) is 65.4 Å². The molecule has 3 atom stereocenters. The molecule has 0 radical (unpaired) electrons. The van der Waals surface area contributed by atoms with Crippen LogP contribution in [0.2, 0.25) is 0 Å². The van der Waals surface area contributed by atoms with Gasteiger partial charge in [0.25, 0.3) is 5.56 Å². The molecule has 2 aliphatic carbocycles. The number of hydrogen-bond acceptors (Lipinski definition) is 4.